The first kappa shape index (κ1) is 18.1. The second-order valence-corrected chi connectivity index (χ2v) is 5.60. The highest BCUT2D eigenvalue weighted by molar-refractivity contribution is 6.33. The molecule has 1 rings (SSSR count). The predicted octanol–water partition coefficient (Wildman–Crippen LogP) is 4.40. The zero-order chi connectivity index (χ0) is 16.0. The monoisotopic (exact) mass is 322 g/mol. The van der Waals surface area contributed by atoms with Crippen LogP contribution in [0.15, 0.2) is 18.2 Å². The molecule has 1 atom stereocenters. The first-order valence-corrected chi connectivity index (χ1v) is 7.50. The van der Waals surface area contributed by atoms with Crippen LogP contribution in [0, 0.1) is 0 Å². The molecule has 0 bridgehead atoms. The lowest BCUT2D eigenvalue weighted by Crippen LogP contribution is -2.35. The highest BCUT2D eigenvalue weighted by Crippen LogP contribution is 2.30. The quantitative estimate of drug-likeness (QED) is 0.806. The van der Waals surface area contributed by atoms with Gasteiger partial charge < -0.3 is 10.6 Å². The first-order valence-electron chi connectivity index (χ1n) is 7.12. The Balaban J connectivity index is 2.94. The van der Waals surface area contributed by atoms with Crippen molar-refractivity contribution in [3.05, 3.63) is 28.8 Å². The van der Waals surface area contributed by atoms with Gasteiger partial charge in [-0.3, -0.25) is 0 Å². The van der Waals surface area contributed by atoms with Crippen molar-refractivity contribution in [3.8, 4) is 0 Å². The molecule has 1 unspecified atom stereocenters. The maximum absolute atomic E-state index is 12.6. The summed E-state index contributed by atoms with van der Waals surface area (Å²) in [6, 6.07) is 5.21. The summed E-state index contributed by atoms with van der Waals surface area (Å²) < 4.78 is 37.9. The number of anilines is 1. The van der Waals surface area contributed by atoms with E-state index >= 15 is 0 Å². The lowest BCUT2D eigenvalue weighted by atomic mass is 10.0. The summed E-state index contributed by atoms with van der Waals surface area (Å²) in [5.74, 6) is 0. The second kappa shape index (κ2) is 7.90. The van der Waals surface area contributed by atoms with E-state index in [0.29, 0.717) is 30.1 Å². The van der Waals surface area contributed by atoms with E-state index in [1.807, 2.05) is 13.8 Å². The van der Waals surface area contributed by atoms with Crippen molar-refractivity contribution in [2.45, 2.75) is 45.3 Å². The Kier molecular flexibility index (Phi) is 6.81. The van der Waals surface area contributed by atoms with Crippen LogP contribution in [0.2, 0.25) is 5.02 Å². The van der Waals surface area contributed by atoms with Gasteiger partial charge in [0.25, 0.3) is 0 Å². The molecule has 1 aromatic carbocycles. The molecule has 0 radical (unpaired) electrons. The van der Waals surface area contributed by atoms with E-state index < -0.39 is 12.7 Å². The van der Waals surface area contributed by atoms with Crippen LogP contribution in [0.3, 0.4) is 0 Å². The Bertz CT molecular complexity index is 449. The van der Waals surface area contributed by atoms with Crippen LogP contribution in [-0.4, -0.2) is 25.3 Å². The van der Waals surface area contributed by atoms with Crippen LogP contribution in [0.4, 0.5) is 18.9 Å². The van der Waals surface area contributed by atoms with Crippen LogP contribution in [-0.2, 0) is 6.42 Å². The standard InChI is InChI=1S/C15H22ClF3N2/c1-3-7-21(10-15(17,18)19)14-6-5-11(9-13(14)16)8-12(20)4-2/h5-6,9,12H,3-4,7-8,10,20H2,1-2H3. The number of rotatable bonds is 7. The van der Waals surface area contributed by atoms with Crippen molar-refractivity contribution in [1.29, 1.82) is 0 Å². The molecule has 2 N–H and O–H groups in total. The SMILES string of the molecule is CCCN(CC(F)(F)F)c1ccc(CC(N)CC)cc1Cl. The van der Waals surface area contributed by atoms with Gasteiger partial charge in [-0.1, -0.05) is 31.5 Å². The topological polar surface area (TPSA) is 29.3 Å². The number of hydrogen-bond acceptors (Lipinski definition) is 2. The summed E-state index contributed by atoms with van der Waals surface area (Å²) in [5, 5.41) is 0.341. The Labute approximate surface area is 129 Å². The Morgan fingerprint density at radius 2 is 1.95 bits per heavy atom. The van der Waals surface area contributed by atoms with E-state index in [1.54, 1.807) is 18.2 Å². The highest BCUT2D eigenvalue weighted by Gasteiger charge is 2.31. The fourth-order valence-corrected chi connectivity index (χ4v) is 2.47. The molecule has 0 heterocycles. The van der Waals surface area contributed by atoms with E-state index in [2.05, 4.69) is 0 Å². The van der Waals surface area contributed by atoms with Crippen LogP contribution in [0.25, 0.3) is 0 Å². The summed E-state index contributed by atoms with van der Waals surface area (Å²) in [6.45, 7) is 3.15. The van der Waals surface area contributed by atoms with Crippen LogP contribution < -0.4 is 10.6 Å². The average Bonchev–Trinajstić information content (AvgIpc) is 2.36. The van der Waals surface area contributed by atoms with E-state index in [0.717, 1.165) is 12.0 Å². The third-order valence-electron chi connectivity index (χ3n) is 3.24. The van der Waals surface area contributed by atoms with Crippen molar-refractivity contribution < 1.29 is 13.2 Å². The Morgan fingerprint density at radius 1 is 1.29 bits per heavy atom. The molecular formula is C15H22ClF3N2. The minimum atomic E-state index is -4.25. The zero-order valence-corrected chi connectivity index (χ0v) is 13.1. The second-order valence-electron chi connectivity index (χ2n) is 5.19. The molecule has 0 spiro atoms. The van der Waals surface area contributed by atoms with Crippen LogP contribution in [0.5, 0.6) is 0 Å². The number of benzene rings is 1. The van der Waals surface area contributed by atoms with Crippen LogP contribution >= 0.6 is 11.6 Å². The first-order chi connectivity index (χ1) is 9.76. The van der Waals surface area contributed by atoms with Crippen molar-refractivity contribution in [3.63, 3.8) is 0 Å². The molecule has 2 nitrogen and oxygen atoms in total. The number of alkyl halides is 3. The van der Waals surface area contributed by atoms with Gasteiger partial charge in [-0.15, -0.1) is 0 Å². The minimum absolute atomic E-state index is 0.0360. The van der Waals surface area contributed by atoms with E-state index in [4.69, 9.17) is 17.3 Å². The number of nitrogens with zero attached hydrogens (tertiary/aromatic N) is 1. The summed E-state index contributed by atoms with van der Waals surface area (Å²) in [4.78, 5) is 1.27. The Hall–Kier alpha value is -0.940. The normalized spacial score (nSPS) is 13.3. The molecule has 0 aliphatic heterocycles. The van der Waals surface area contributed by atoms with E-state index in [1.165, 1.54) is 4.90 Å². The van der Waals surface area contributed by atoms with Gasteiger partial charge in [0, 0.05) is 12.6 Å². The molecule has 0 aromatic heterocycles. The zero-order valence-electron chi connectivity index (χ0n) is 12.4. The summed E-state index contributed by atoms with van der Waals surface area (Å²) in [7, 11) is 0. The maximum Gasteiger partial charge on any atom is 0.405 e. The van der Waals surface area contributed by atoms with Crippen molar-refractivity contribution in [1.82, 2.24) is 0 Å². The lowest BCUT2D eigenvalue weighted by molar-refractivity contribution is -0.119. The van der Waals surface area contributed by atoms with Gasteiger partial charge in [-0.25, -0.2) is 0 Å². The fraction of sp³-hybridized carbons (Fsp3) is 0.600. The third-order valence-corrected chi connectivity index (χ3v) is 3.54. The molecule has 21 heavy (non-hydrogen) atoms. The van der Waals surface area contributed by atoms with Gasteiger partial charge in [0.2, 0.25) is 0 Å². The molecule has 0 aliphatic carbocycles. The molecule has 0 fully saturated rings. The summed E-state index contributed by atoms with van der Waals surface area (Å²) in [5.41, 5.74) is 7.25. The highest BCUT2D eigenvalue weighted by atomic mass is 35.5. The molecule has 0 aliphatic rings. The van der Waals surface area contributed by atoms with Gasteiger partial charge in [-0.2, -0.15) is 13.2 Å². The predicted molar refractivity (Wildman–Crippen MR) is 82.0 cm³/mol. The van der Waals surface area contributed by atoms with E-state index in [-0.39, 0.29) is 6.04 Å². The average molecular weight is 323 g/mol. The van der Waals surface area contributed by atoms with E-state index in [9.17, 15) is 13.2 Å². The van der Waals surface area contributed by atoms with Gasteiger partial charge in [0.05, 0.1) is 10.7 Å². The largest absolute Gasteiger partial charge is 0.405 e. The van der Waals surface area contributed by atoms with Gasteiger partial charge in [0.15, 0.2) is 0 Å². The fourth-order valence-electron chi connectivity index (χ4n) is 2.15. The molecule has 0 saturated carbocycles. The molecule has 120 valence electrons. The number of nitrogens with two attached hydrogens (primary N) is 1. The summed E-state index contributed by atoms with van der Waals surface area (Å²) >= 11 is 6.17. The molecule has 0 amide bonds. The molecule has 0 saturated heterocycles. The Morgan fingerprint density at radius 3 is 2.43 bits per heavy atom. The molecular weight excluding hydrogens is 301 g/mol. The van der Waals surface area contributed by atoms with Gasteiger partial charge >= 0.3 is 6.18 Å². The van der Waals surface area contributed by atoms with Gasteiger partial charge in [0.1, 0.15) is 6.54 Å². The van der Waals surface area contributed by atoms with Crippen molar-refractivity contribution in [2.24, 2.45) is 5.73 Å². The maximum atomic E-state index is 12.6. The molecule has 1 aromatic rings. The molecule has 6 heteroatoms. The summed E-state index contributed by atoms with van der Waals surface area (Å²) in [6.07, 6.45) is -2.12. The van der Waals surface area contributed by atoms with Crippen molar-refractivity contribution >= 4 is 17.3 Å². The third kappa shape index (κ3) is 6.14. The number of halogens is 4. The van der Waals surface area contributed by atoms with Crippen molar-refractivity contribution in [2.75, 3.05) is 18.0 Å². The lowest BCUT2D eigenvalue weighted by Gasteiger charge is -2.26. The van der Waals surface area contributed by atoms with Crippen LogP contribution in [0.1, 0.15) is 32.3 Å². The smallest absolute Gasteiger partial charge is 0.361 e. The van der Waals surface area contributed by atoms with Gasteiger partial charge in [-0.05, 0) is 37.0 Å². The minimum Gasteiger partial charge on any atom is -0.361 e. The number of hydrogen-bond donors (Lipinski definition) is 1.